The van der Waals surface area contributed by atoms with E-state index in [1.165, 1.54) is 12.8 Å². The molecule has 108 valence electrons. The van der Waals surface area contributed by atoms with Gasteiger partial charge >= 0.3 is 0 Å². The van der Waals surface area contributed by atoms with Gasteiger partial charge in [-0.25, -0.2) is 13.1 Å². The van der Waals surface area contributed by atoms with Crippen molar-refractivity contribution in [2.75, 3.05) is 39.3 Å². The summed E-state index contributed by atoms with van der Waals surface area (Å²) in [5.41, 5.74) is 0. The highest BCUT2D eigenvalue weighted by Crippen LogP contribution is 2.06. The number of sulfonamides is 1. The number of hydrogen-bond donors (Lipinski definition) is 2. The zero-order valence-electron chi connectivity index (χ0n) is 11.6. The first-order valence-corrected chi connectivity index (χ1v) is 8.52. The van der Waals surface area contributed by atoms with Crippen LogP contribution in [0.2, 0.25) is 0 Å². The summed E-state index contributed by atoms with van der Waals surface area (Å²) in [6, 6.07) is 0. The Balaban J connectivity index is 2.20. The van der Waals surface area contributed by atoms with Crippen LogP contribution in [0, 0.1) is 0 Å². The van der Waals surface area contributed by atoms with Crippen molar-refractivity contribution >= 4 is 10.0 Å². The minimum Gasteiger partial charge on any atom is -0.315 e. The van der Waals surface area contributed by atoms with Gasteiger partial charge in [-0.2, -0.15) is 0 Å². The predicted octanol–water partition coefficient (Wildman–Crippen LogP) is 0.390. The fraction of sp³-hybridized carbons (Fsp3) is 1.00. The third kappa shape index (κ3) is 5.65. The lowest BCUT2D eigenvalue weighted by Crippen LogP contribution is -2.41. The van der Waals surface area contributed by atoms with E-state index >= 15 is 0 Å². The third-order valence-corrected chi connectivity index (χ3v) is 5.15. The Kier molecular flexibility index (Phi) is 7.14. The summed E-state index contributed by atoms with van der Waals surface area (Å²) in [6.07, 6.45) is 3.50. The standard InChI is InChI=1S/C12H27N3O2S/c1-3-6-13-11-12(2)18(16,17)14-7-10-15-8-4-5-9-15/h12-14H,3-11H2,1-2H3. The molecule has 0 aromatic carbocycles. The van der Waals surface area contributed by atoms with E-state index < -0.39 is 10.0 Å². The van der Waals surface area contributed by atoms with Crippen molar-refractivity contribution in [3.05, 3.63) is 0 Å². The van der Waals surface area contributed by atoms with Gasteiger partial charge in [-0.1, -0.05) is 6.92 Å². The number of hydrogen-bond acceptors (Lipinski definition) is 4. The summed E-state index contributed by atoms with van der Waals surface area (Å²) >= 11 is 0. The fourth-order valence-corrected chi connectivity index (χ4v) is 3.08. The number of likely N-dealkylation sites (tertiary alicyclic amines) is 1. The second-order valence-corrected chi connectivity index (χ2v) is 7.19. The van der Waals surface area contributed by atoms with E-state index in [0.29, 0.717) is 13.1 Å². The van der Waals surface area contributed by atoms with Gasteiger partial charge in [-0.15, -0.1) is 0 Å². The van der Waals surface area contributed by atoms with Gasteiger partial charge in [0.05, 0.1) is 5.25 Å². The number of nitrogens with one attached hydrogen (secondary N) is 2. The van der Waals surface area contributed by atoms with E-state index in [-0.39, 0.29) is 5.25 Å². The van der Waals surface area contributed by atoms with Crippen LogP contribution >= 0.6 is 0 Å². The summed E-state index contributed by atoms with van der Waals surface area (Å²) in [5, 5.41) is 2.77. The molecule has 1 rings (SSSR count). The molecule has 1 atom stereocenters. The van der Waals surface area contributed by atoms with Gasteiger partial charge in [0.1, 0.15) is 0 Å². The molecular weight excluding hydrogens is 250 g/mol. The monoisotopic (exact) mass is 277 g/mol. The molecule has 0 aliphatic carbocycles. The third-order valence-electron chi connectivity index (χ3n) is 3.32. The molecule has 1 heterocycles. The Morgan fingerprint density at radius 2 is 1.89 bits per heavy atom. The normalized spacial score (nSPS) is 19.2. The summed E-state index contributed by atoms with van der Waals surface area (Å²) in [5.74, 6) is 0. The lowest BCUT2D eigenvalue weighted by molar-refractivity contribution is 0.344. The van der Waals surface area contributed by atoms with Crippen molar-refractivity contribution < 1.29 is 8.42 Å². The van der Waals surface area contributed by atoms with Crippen molar-refractivity contribution in [1.82, 2.24) is 14.9 Å². The van der Waals surface area contributed by atoms with Gasteiger partial charge in [-0.3, -0.25) is 0 Å². The van der Waals surface area contributed by atoms with Gasteiger partial charge in [0.15, 0.2) is 0 Å². The van der Waals surface area contributed by atoms with Crippen molar-refractivity contribution in [1.29, 1.82) is 0 Å². The Morgan fingerprint density at radius 3 is 2.50 bits per heavy atom. The Hall–Kier alpha value is -0.170. The lowest BCUT2D eigenvalue weighted by Gasteiger charge is -2.17. The van der Waals surface area contributed by atoms with Crippen LogP contribution in [0.25, 0.3) is 0 Å². The first kappa shape index (κ1) is 15.9. The van der Waals surface area contributed by atoms with E-state index in [1.54, 1.807) is 6.92 Å². The quantitative estimate of drug-likeness (QED) is 0.599. The SMILES string of the molecule is CCCNCC(C)S(=O)(=O)NCCN1CCCC1. The Bertz CT molecular complexity index is 313. The molecule has 1 aliphatic rings. The van der Waals surface area contributed by atoms with Crippen LogP contribution in [0.1, 0.15) is 33.1 Å². The van der Waals surface area contributed by atoms with Gasteiger partial charge in [0.2, 0.25) is 10.0 Å². The highest BCUT2D eigenvalue weighted by molar-refractivity contribution is 7.90. The topological polar surface area (TPSA) is 61.4 Å². The molecule has 0 saturated carbocycles. The van der Waals surface area contributed by atoms with Crippen LogP contribution in [0.4, 0.5) is 0 Å². The molecule has 0 bridgehead atoms. The number of rotatable bonds is 9. The molecule has 0 radical (unpaired) electrons. The van der Waals surface area contributed by atoms with Crippen molar-refractivity contribution in [2.24, 2.45) is 0 Å². The molecule has 2 N–H and O–H groups in total. The predicted molar refractivity (Wildman–Crippen MR) is 75.2 cm³/mol. The van der Waals surface area contributed by atoms with Crippen LogP contribution in [0.15, 0.2) is 0 Å². The average molecular weight is 277 g/mol. The average Bonchev–Trinajstić information content (AvgIpc) is 2.82. The zero-order valence-corrected chi connectivity index (χ0v) is 12.4. The maximum atomic E-state index is 11.9. The second-order valence-electron chi connectivity index (χ2n) is 5.00. The molecule has 0 spiro atoms. The highest BCUT2D eigenvalue weighted by Gasteiger charge is 2.20. The van der Waals surface area contributed by atoms with Gasteiger partial charge in [-0.05, 0) is 45.8 Å². The summed E-state index contributed by atoms with van der Waals surface area (Å²) in [4.78, 5) is 2.31. The minimum atomic E-state index is -3.17. The molecule has 1 unspecified atom stereocenters. The second kappa shape index (κ2) is 8.09. The van der Waals surface area contributed by atoms with E-state index in [1.807, 2.05) is 0 Å². The molecule has 0 aromatic rings. The molecule has 1 fully saturated rings. The van der Waals surface area contributed by atoms with Crippen molar-refractivity contribution in [2.45, 2.75) is 38.4 Å². The van der Waals surface area contributed by atoms with Crippen LogP contribution in [0.5, 0.6) is 0 Å². The van der Waals surface area contributed by atoms with Gasteiger partial charge in [0, 0.05) is 19.6 Å². The molecule has 0 aromatic heterocycles. The number of nitrogens with zero attached hydrogens (tertiary/aromatic N) is 1. The highest BCUT2D eigenvalue weighted by atomic mass is 32.2. The van der Waals surface area contributed by atoms with E-state index in [4.69, 9.17) is 0 Å². The van der Waals surface area contributed by atoms with E-state index in [9.17, 15) is 8.42 Å². The van der Waals surface area contributed by atoms with Crippen LogP contribution in [0.3, 0.4) is 0 Å². The summed E-state index contributed by atoms with van der Waals surface area (Å²) < 4.78 is 26.6. The minimum absolute atomic E-state index is 0.373. The maximum Gasteiger partial charge on any atom is 0.215 e. The molecular formula is C12H27N3O2S. The van der Waals surface area contributed by atoms with E-state index in [0.717, 1.165) is 32.6 Å². The smallest absolute Gasteiger partial charge is 0.215 e. The van der Waals surface area contributed by atoms with Crippen molar-refractivity contribution in [3.8, 4) is 0 Å². The first-order valence-electron chi connectivity index (χ1n) is 6.98. The lowest BCUT2D eigenvalue weighted by atomic mass is 10.4. The van der Waals surface area contributed by atoms with Crippen LogP contribution in [-0.4, -0.2) is 57.8 Å². The maximum absolute atomic E-state index is 11.9. The Morgan fingerprint density at radius 1 is 1.22 bits per heavy atom. The zero-order chi connectivity index (χ0) is 13.4. The van der Waals surface area contributed by atoms with Gasteiger partial charge in [0.25, 0.3) is 0 Å². The Labute approximate surface area is 111 Å². The summed E-state index contributed by atoms with van der Waals surface area (Å²) in [7, 11) is -3.17. The van der Waals surface area contributed by atoms with Gasteiger partial charge < -0.3 is 10.2 Å². The van der Waals surface area contributed by atoms with E-state index in [2.05, 4.69) is 21.9 Å². The molecule has 1 saturated heterocycles. The van der Waals surface area contributed by atoms with Crippen LogP contribution in [-0.2, 0) is 10.0 Å². The van der Waals surface area contributed by atoms with Crippen LogP contribution < -0.4 is 10.0 Å². The molecule has 6 heteroatoms. The molecule has 18 heavy (non-hydrogen) atoms. The molecule has 0 amide bonds. The summed E-state index contributed by atoms with van der Waals surface area (Å²) in [6.45, 7) is 8.78. The van der Waals surface area contributed by atoms with Crippen molar-refractivity contribution in [3.63, 3.8) is 0 Å². The first-order chi connectivity index (χ1) is 8.56. The largest absolute Gasteiger partial charge is 0.315 e. The molecule has 1 aliphatic heterocycles. The molecule has 5 nitrogen and oxygen atoms in total. The fourth-order valence-electron chi connectivity index (χ4n) is 2.09.